The summed E-state index contributed by atoms with van der Waals surface area (Å²) in [6, 6.07) is 7.39. The minimum absolute atomic E-state index is 0.361. The Morgan fingerprint density at radius 1 is 1.44 bits per heavy atom. The van der Waals surface area contributed by atoms with Gasteiger partial charge in [0, 0.05) is 15.3 Å². The molecule has 0 radical (unpaired) electrons. The molecule has 0 fully saturated rings. The average Bonchev–Trinajstić information content (AvgIpc) is 2.67. The molecule has 1 aromatic carbocycles. The van der Waals surface area contributed by atoms with Gasteiger partial charge in [-0.3, -0.25) is 0 Å². The maximum Gasteiger partial charge on any atom is 0.335 e. The number of carboxylic acids is 1. The summed E-state index contributed by atoms with van der Waals surface area (Å²) in [6.07, 6.45) is 0. The molecule has 0 aliphatic rings. The first-order chi connectivity index (χ1) is 7.70. The molecule has 1 heterocycles. The number of aromatic carboxylic acids is 1. The second-order valence-electron chi connectivity index (χ2n) is 3.41. The highest BCUT2D eigenvalue weighted by molar-refractivity contribution is 7.98. The van der Waals surface area contributed by atoms with Crippen molar-refractivity contribution >= 4 is 39.2 Å². The Bertz CT molecular complexity index is 517. The molecule has 0 bridgehead atoms. The van der Waals surface area contributed by atoms with Crippen LogP contribution in [0.2, 0.25) is 0 Å². The normalized spacial score (nSPS) is 10.8. The Morgan fingerprint density at radius 2 is 2.25 bits per heavy atom. The molecule has 0 amide bonds. The smallest absolute Gasteiger partial charge is 0.335 e. The molecule has 0 saturated carbocycles. The first-order valence-electron chi connectivity index (χ1n) is 5.04. The fraction of sp³-hybridized carbons (Fsp3) is 0.250. The highest BCUT2D eigenvalue weighted by Gasteiger charge is 2.06. The van der Waals surface area contributed by atoms with E-state index in [0.717, 1.165) is 21.6 Å². The molecule has 84 valence electrons. The first-order valence-corrected chi connectivity index (χ1v) is 7.01. The van der Waals surface area contributed by atoms with Crippen LogP contribution in [0.1, 0.15) is 22.2 Å². The van der Waals surface area contributed by atoms with Crippen molar-refractivity contribution in [2.75, 3.05) is 5.75 Å². The van der Waals surface area contributed by atoms with E-state index in [2.05, 4.69) is 13.0 Å². The summed E-state index contributed by atoms with van der Waals surface area (Å²) < 4.78 is 1.16. The van der Waals surface area contributed by atoms with Crippen molar-refractivity contribution in [2.24, 2.45) is 0 Å². The third-order valence-electron chi connectivity index (χ3n) is 2.26. The van der Waals surface area contributed by atoms with Gasteiger partial charge in [0.2, 0.25) is 0 Å². The van der Waals surface area contributed by atoms with Crippen LogP contribution in [0.5, 0.6) is 0 Å². The number of hydrogen-bond donors (Lipinski definition) is 1. The van der Waals surface area contributed by atoms with E-state index in [1.54, 1.807) is 23.5 Å². The summed E-state index contributed by atoms with van der Waals surface area (Å²) in [7, 11) is 0. The van der Waals surface area contributed by atoms with Gasteiger partial charge in [0.15, 0.2) is 0 Å². The maximum absolute atomic E-state index is 10.8. The van der Waals surface area contributed by atoms with Crippen LogP contribution in [0.3, 0.4) is 0 Å². The SMILES string of the molecule is CCSCc1cc2cc(C(=O)O)ccc2s1. The number of thiophene rings is 1. The van der Waals surface area contributed by atoms with Gasteiger partial charge in [-0.1, -0.05) is 6.92 Å². The lowest BCUT2D eigenvalue weighted by Gasteiger charge is -1.92. The second-order valence-corrected chi connectivity index (χ2v) is 5.85. The molecule has 1 N–H and O–H groups in total. The van der Waals surface area contributed by atoms with Crippen LogP contribution in [0.25, 0.3) is 10.1 Å². The third kappa shape index (κ3) is 2.39. The summed E-state index contributed by atoms with van der Waals surface area (Å²) >= 11 is 3.62. The highest BCUT2D eigenvalue weighted by atomic mass is 32.2. The van der Waals surface area contributed by atoms with E-state index in [-0.39, 0.29) is 0 Å². The Morgan fingerprint density at radius 3 is 2.94 bits per heavy atom. The van der Waals surface area contributed by atoms with Crippen LogP contribution < -0.4 is 0 Å². The lowest BCUT2D eigenvalue weighted by atomic mass is 10.2. The number of benzene rings is 1. The Hall–Kier alpha value is -1.00. The van der Waals surface area contributed by atoms with Gasteiger partial charge in [-0.25, -0.2) is 4.79 Å². The Labute approximate surface area is 102 Å². The maximum atomic E-state index is 10.8. The summed E-state index contributed by atoms with van der Waals surface area (Å²) in [5.74, 6) is 1.25. The van der Waals surface area contributed by atoms with Crippen LogP contribution in [0.4, 0.5) is 0 Å². The standard InChI is InChI=1S/C12H12O2S2/c1-2-15-7-10-6-9-5-8(12(13)14)3-4-11(9)16-10/h3-6H,2,7H2,1H3,(H,13,14). The Kier molecular flexibility index (Phi) is 3.51. The van der Waals surface area contributed by atoms with E-state index in [0.29, 0.717) is 5.56 Å². The summed E-state index contributed by atoms with van der Waals surface area (Å²) in [5, 5.41) is 9.93. The van der Waals surface area contributed by atoms with E-state index in [1.807, 2.05) is 17.8 Å². The number of carboxylic acid groups (broad SMARTS) is 1. The minimum Gasteiger partial charge on any atom is -0.478 e. The largest absolute Gasteiger partial charge is 0.478 e. The van der Waals surface area contributed by atoms with Gasteiger partial charge in [0.1, 0.15) is 0 Å². The molecule has 2 nitrogen and oxygen atoms in total. The van der Waals surface area contributed by atoms with Crippen molar-refractivity contribution in [2.45, 2.75) is 12.7 Å². The molecule has 0 aliphatic heterocycles. The van der Waals surface area contributed by atoms with E-state index in [1.165, 1.54) is 4.88 Å². The lowest BCUT2D eigenvalue weighted by Crippen LogP contribution is -1.94. The van der Waals surface area contributed by atoms with Gasteiger partial charge >= 0.3 is 5.97 Å². The molecule has 0 atom stereocenters. The molecule has 1 aromatic heterocycles. The third-order valence-corrected chi connectivity index (χ3v) is 4.48. The summed E-state index contributed by atoms with van der Waals surface area (Å²) in [6.45, 7) is 2.14. The van der Waals surface area contributed by atoms with Gasteiger partial charge in [0.05, 0.1) is 5.56 Å². The first kappa shape index (κ1) is 11.5. The number of fused-ring (bicyclic) bond motifs is 1. The van der Waals surface area contributed by atoms with Gasteiger partial charge in [-0.05, 0) is 35.4 Å². The second kappa shape index (κ2) is 4.89. The topological polar surface area (TPSA) is 37.3 Å². The number of hydrogen-bond acceptors (Lipinski definition) is 3. The zero-order valence-electron chi connectivity index (χ0n) is 8.90. The van der Waals surface area contributed by atoms with Crippen molar-refractivity contribution in [3.63, 3.8) is 0 Å². The zero-order chi connectivity index (χ0) is 11.5. The summed E-state index contributed by atoms with van der Waals surface area (Å²) in [5.41, 5.74) is 0.361. The molecule has 0 aliphatic carbocycles. The van der Waals surface area contributed by atoms with E-state index >= 15 is 0 Å². The van der Waals surface area contributed by atoms with Crippen molar-refractivity contribution in [1.82, 2.24) is 0 Å². The highest BCUT2D eigenvalue weighted by Crippen LogP contribution is 2.29. The van der Waals surface area contributed by atoms with Crippen molar-refractivity contribution in [1.29, 1.82) is 0 Å². The quantitative estimate of drug-likeness (QED) is 0.898. The lowest BCUT2D eigenvalue weighted by molar-refractivity contribution is 0.0697. The average molecular weight is 252 g/mol. The van der Waals surface area contributed by atoms with Crippen molar-refractivity contribution in [3.8, 4) is 0 Å². The Balaban J connectivity index is 2.34. The molecular weight excluding hydrogens is 240 g/mol. The van der Waals surface area contributed by atoms with E-state index in [4.69, 9.17) is 5.11 Å². The van der Waals surface area contributed by atoms with E-state index < -0.39 is 5.97 Å². The molecule has 16 heavy (non-hydrogen) atoms. The molecular formula is C12H12O2S2. The van der Waals surface area contributed by atoms with E-state index in [9.17, 15) is 4.79 Å². The molecule has 0 spiro atoms. The predicted octanol–water partition coefficient (Wildman–Crippen LogP) is 3.85. The van der Waals surface area contributed by atoms with Gasteiger partial charge in [-0.15, -0.1) is 11.3 Å². The number of thioether (sulfide) groups is 1. The van der Waals surface area contributed by atoms with Crippen LogP contribution in [0.15, 0.2) is 24.3 Å². The van der Waals surface area contributed by atoms with Crippen LogP contribution in [-0.2, 0) is 5.75 Å². The predicted molar refractivity (Wildman–Crippen MR) is 70.6 cm³/mol. The fourth-order valence-corrected chi connectivity index (χ4v) is 3.32. The molecule has 4 heteroatoms. The van der Waals surface area contributed by atoms with Crippen LogP contribution in [0, 0.1) is 0 Å². The molecule has 0 saturated heterocycles. The van der Waals surface area contributed by atoms with Gasteiger partial charge < -0.3 is 5.11 Å². The monoisotopic (exact) mass is 252 g/mol. The zero-order valence-corrected chi connectivity index (χ0v) is 10.5. The molecule has 0 unspecified atom stereocenters. The van der Waals surface area contributed by atoms with Crippen LogP contribution in [-0.4, -0.2) is 16.8 Å². The van der Waals surface area contributed by atoms with Crippen molar-refractivity contribution in [3.05, 3.63) is 34.7 Å². The molecule has 2 rings (SSSR count). The fourth-order valence-electron chi connectivity index (χ4n) is 1.51. The number of carbonyl (C=O) groups is 1. The minimum atomic E-state index is -0.863. The van der Waals surface area contributed by atoms with Crippen LogP contribution >= 0.6 is 23.1 Å². The van der Waals surface area contributed by atoms with Gasteiger partial charge in [-0.2, -0.15) is 11.8 Å². The summed E-state index contributed by atoms with van der Waals surface area (Å²) in [4.78, 5) is 12.1. The number of rotatable bonds is 4. The molecule has 2 aromatic rings. The van der Waals surface area contributed by atoms with Gasteiger partial charge in [0.25, 0.3) is 0 Å². The van der Waals surface area contributed by atoms with Crippen molar-refractivity contribution < 1.29 is 9.90 Å².